The van der Waals surface area contributed by atoms with Crippen molar-refractivity contribution in [3.8, 4) is 0 Å². The fraction of sp³-hybridized carbons (Fsp3) is 0.500. The number of rotatable bonds is 5. The molecule has 0 aliphatic heterocycles. The van der Waals surface area contributed by atoms with Gasteiger partial charge in [0.1, 0.15) is 0 Å². The molecule has 1 aliphatic rings. The molecule has 0 saturated heterocycles. The van der Waals surface area contributed by atoms with Crippen molar-refractivity contribution in [2.45, 2.75) is 38.9 Å². The predicted molar refractivity (Wildman–Crippen MR) is 64.4 cm³/mol. The zero-order valence-corrected chi connectivity index (χ0v) is 9.98. The maximum atomic E-state index is 4.22. The van der Waals surface area contributed by atoms with Crippen LogP contribution in [0.5, 0.6) is 0 Å². The van der Waals surface area contributed by atoms with Crippen molar-refractivity contribution in [1.82, 2.24) is 25.1 Å². The first-order valence-electron chi connectivity index (χ1n) is 6.05. The van der Waals surface area contributed by atoms with Crippen LogP contribution in [0.25, 0.3) is 0 Å². The molecule has 2 heterocycles. The van der Waals surface area contributed by atoms with Crippen LogP contribution >= 0.6 is 0 Å². The van der Waals surface area contributed by atoms with E-state index < -0.39 is 0 Å². The second-order valence-corrected chi connectivity index (χ2v) is 4.65. The third-order valence-electron chi connectivity index (χ3n) is 3.24. The van der Waals surface area contributed by atoms with Crippen LogP contribution in [0.3, 0.4) is 0 Å². The average molecular weight is 231 g/mol. The van der Waals surface area contributed by atoms with E-state index >= 15 is 0 Å². The van der Waals surface area contributed by atoms with Crippen LogP contribution in [-0.2, 0) is 13.1 Å². The minimum absolute atomic E-state index is 0.699. The van der Waals surface area contributed by atoms with E-state index in [-0.39, 0.29) is 0 Å². The SMILES string of the molecule is Cc1[nH]ncc1CNCc1cncn1C1CC1. The zero-order valence-electron chi connectivity index (χ0n) is 9.98. The molecular formula is C12H17N5. The van der Waals surface area contributed by atoms with Crippen LogP contribution in [0.4, 0.5) is 0 Å². The number of hydrogen-bond acceptors (Lipinski definition) is 3. The van der Waals surface area contributed by atoms with Crippen LogP contribution in [0.15, 0.2) is 18.7 Å². The minimum atomic E-state index is 0.699. The monoisotopic (exact) mass is 231 g/mol. The van der Waals surface area contributed by atoms with Crippen molar-refractivity contribution in [3.63, 3.8) is 0 Å². The average Bonchev–Trinajstić information content (AvgIpc) is 2.93. The number of aromatic amines is 1. The molecule has 3 rings (SSSR count). The summed E-state index contributed by atoms with van der Waals surface area (Å²) in [6.45, 7) is 3.75. The van der Waals surface area contributed by atoms with E-state index in [1.807, 2.05) is 25.6 Å². The molecule has 1 aliphatic carbocycles. The molecule has 0 atom stereocenters. The molecule has 2 N–H and O–H groups in total. The minimum Gasteiger partial charge on any atom is -0.330 e. The van der Waals surface area contributed by atoms with Gasteiger partial charge in [0.15, 0.2) is 0 Å². The van der Waals surface area contributed by atoms with E-state index in [1.54, 1.807) is 0 Å². The quantitative estimate of drug-likeness (QED) is 0.820. The van der Waals surface area contributed by atoms with Crippen LogP contribution in [-0.4, -0.2) is 19.7 Å². The second kappa shape index (κ2) is 4.33. The highest BCUT2D eigenvalue weighted by molar-refractivity contribution is 5.14. The first-order valence-corrected chi connectivity index (χ1v) is 6.05. The van der Waals surface area contributed by atoms with E-state index in [0.29, 0.717) is 6.04 Å². The second-order valence-electron chi connectivity index (χ2n) is 4.65. The Balaban J connectivity index is 1.57. The van der Waals surface area contributed by atoms with E-state index in [0.717, 1.165) is 18.8 Å². The summed E-state index contributed by atoms with van der Waals surface area (Å²) >= 11 is 0. The molecular weight excluding hydrogens is 214 g/mol. The number of H-pyrrole nitrogens is 1. The Morgan fingerprint density at radius 3 is 3.00 bits per heavy atom. The molecule has 5 heteroatoms. The predicted octanol–water partition coefficient (Wildman–Crippen LogP) is 1.54. The number of imidazole rings is 1. The Kier molecular flexibility index (Phi) is 2.68. The summed E-state index contributed by atoms with van der Waals surface area (Å²) in [7, 11) is 0. The molecule has 1 saturated carbocycles. The Morgan fingerprint density at radius 1 is 1.41 bits per heavy atom. The summed E-state index contributed by atoms with van der Waals surface area (Å²) < 4.78 is 2.29. The van der Waals surface area contributed by atoms with Gasteiger partial charge in [0.25, 0.3) is 0 Å². The van der Waals surface area contributed by atoms with Gasteiger partial charge in [-0.05, 0) is 19.8 Å². The van der Waals surface area contributed by atoms with Crippen molar-refractivity contribution in [2.24, 2.45) is 0 Å². The van der Waals surface area contributed by atoms with Gasteiger partial charge in [-0.2, -0.15) is 5.10 Å². The van der Waals surface area contributed by atoms with Gasteiger partial charge in [0.05, 0.1) is 18.2 Å². The lowest BCUT2D eigenvalue weighted by molar-refractivity contribution is 0.620. The third-order valence-corrected chi connectivity index (χ3v) is 3.24. The van der Waals surface area contributed by atoms with E-state index in [4.69, 9.17) is 0 Å². The Labute approximate surface area is 100 Å². The van der Waals surface area contributed by atoms with Crippen LogP contribution in [0.1, 0.15) is 35.8 Å². The third kappa shape index (κ3) is 2.24. The van der Waals surface area contributed by atoms with Gasteiger partial charge >= 0.3 is 0 Å². The molecule has 2 aromatic heterocycles. The molecule has 17 heavy (non-hydrogen) atoms. The summed E-state index contributed by atoms with van der Waals surface area (Å²) in [5.74, 6) is 0. The fourth-order valence-corrected chi connectivity index (χ4v) is 2.03. The smallest absolute Gasteiger partial charge is 0.0951 e. The highest BCUT2D eigenvalue weighted by Gasteiger charge is 2.24. The van der Waals surface area contributed by atoms with Gasteiger partial charge in [-0.25, -0.2) is 4.98 Å². The first-order chi connectivity index (χ1) is 8.34. The van der Waals surface area contributed by atoms with Crippen LogP contribution in [0.2, 0.25) is 0 Å². The lowest BCUT2D eigenvalue weighted by atomic mass is 10.2. The number of aryl methyl sites for hydroxylation is 1. The lowest BCUT2D eigenvalue weighted by Gasteiger charge is -2.07. The van der Waals surface area contributed by atoms with Crippen molar-refractivity contribution in [1.29, 1.82) is 0 Å². The van der Waals surface area contributed by atoms with Crippen molar-refractivity contribution in [2.75, 3.05) is 0 Å². The summed E-state index contributed by atoms with van der Waals surface area (Å²) in [4.78, 5) is 4.22. The van der Waals surface area contributed by atoms with E-state index in [1.165, 1.54) is 24.1 Å². The molecule has 90 valence electrons. The molecule has 5 nitrogen and oxygen atoms in total. The van der Waals surface area contributed by atoms with Gasteiger partial charge in [0, 0.05) is 36.6 Å². The first kappa shape index (κ1) is 10.5. The summed E-state index contributed by atoms with van der Waals surface area (Å²) in [5, 5.41) is 10.4. The summed E-state index contributed by atoms with van der Waals surface area (Å²) in [5.41, 5.74) is 3.63. The Morgan fingerprint density at radius 2 is 2.29 bits per heavy atom. The summed E-state index contributed by atoms with van der Waals surface area (Å²) in [6.07, 6.45) is 8.36. The van der Waals surface area contributed by atoms with Crippen molar-refractivity contribution >= 4 is 0 Å². The molecule has 1 fully saturated rings. The molecule has 0 bridgehead atoms. The summed E-state index contributed by atoms with van der Waals surface area (Å²) in [6, 6.07) is 0.699. The van der Waals surface area contributed by atoms with Crippen molar-refractivity contribution in [3.05, 3.63) is 35.7 Å². The Bertz CT molecular complexity index is 494. The van der Waals surface area contributed by atoms with Crippen molar-refractivity contribution < 1.29 is 0 Å². The Hall–Kier alpha value is -1.62. The largest absolute Gasteiger partial charge is 0.330 e. The molecule has 0 unspecified atom stereocenters. The number of nitrogens with zero attached hydrogens (tertiary/aromatic N) is 3. The normalized spacial score (nSPS) is 15.4. The highest BCUT2D eigenvalue weighted by Crippen LogP contribution is 2.35. The number of aromatic nitrogens is 4. The number of hydrogen-bond donors (Lipinski definition) is 2. The topological polar surface area (TPSA) is 58.5 Å². The molecule has 0 spiro atoms. The maximum Gasteiger partial charge on any atom is 0.0951 e. The molecule has 0 amide bonds. The van der Waals surface area contributed by atoms with Crippen LogP contribution in [0, 0.1) is 6.92 Å². The zero-order chi connectivity index (χ0) is 11.7. The standard InChI is InChI=1S/C12H17N5/c1-9-10(5-15-16-9)4-13-6-12-7-14-8-17(12)11-2-3-11/h5,7-8,11,13H,2-4,6H2,1H3,(H,15,16). The lowest BCUT2D eigenvalue weighted by Crippen LogP contribution is -2.15. The van der Waals surface area contributed by atoms with Gasteiger partial charge in [-0.15, -0.1) is 0 Å². The van der Waals surface area contributed by atoms with Crippen LogP contribution < -0.4 is 5.32 Å². The van der Waals surface area contributed by atoms with Gasteiger partial charge < -0.3 is 9.88 Å². The van der Waals surface area contributed by atoms with E-state index in [2.05, 4.69) is 25.1 Å². The van der Waals surface area contributed by atoms with E-state index in [9.17, 15) is 0 Å². The van der Waals surface area contributed by atoms with Gasteiger partial charge in [-0.3, -0.25) is 5.10 Å². The molecule has 0 radical (unpaired) electrons. The molecule has 2 aromatic rings. The molecule has 0 aromatic carbocycles. The van der Waals surface area contributed by atoms with Gasteiger partial charge in [-0.1, -0.05) is 0 Å². The highest BCUT2D eigenvalue weighted by atomic mass is 15.1. The van der Waals surface area contributed by atoms with Gasteiger partial charge in [0.2, 0.25) is 0 Å². The fourth-order valence-electron chi connectivity index (χ4n) is 2.03. The maximum absolute atomic E-state index is 4.22. The number of nitrogens with one attached hydrogen (secondary N) is 2.